The average molecular weight is 499 g/mol. The lowest BCUT2D eigenvalue weighted by Gasteiger charge is -2.14. The van der Waals surface area contributed by atoms with E-state index in [1.165, 1.54) is 18.7 Å². The van der Waals surface area contributed by atoms with Crippen molar-refractivity contribution in [1.82, 2.24) is 10.9 Å². The van der Waals surface area contributed by atoms with Crippen LogP contribution in [0.2, 0.25) is 0 Å². The van der Waals surface area contributed by atoms with E-state index < -0.39 is 7.60 Å². The summed E-state index contributed by atoms with van der Waals surface area (Å²) in [6.07, 6.45) is 0. The van der Waals surface area contributed by atoms with E-state index in [9.17, 15) is 4.57 Å². The van der Waals surface area contributed by atoms with Crippen molar-refractivity contribution < 1.29 is 27.3 Å². The maximum atomic E-state index is 12.2. The summed E-state index contributed by atoms with van der Waals surface area (Å²) in [7, 11) is -3.08. The lowest BCUT2D eigenvalue weighted by atomic mass is 10.2. The largest absolute Gasteiger partial charge is 0.375 e. The maximum absolute atomic E-state index is 12.2. The molecule has 0 amide bonds. The molecule has 0 saturated heterocycles. The quantitative estimate of drug-likeness (QED) is 0.122. The van der Waals surface area contributed by atoms with E-state index in [4.69, 9.17) is 22.7 Å². The summed E-state index contributed by atoms with van der Waals surface area (Å²) in [6.45, 7) is 5.92. The van der Waals surface area contributed by atoms with Gasteiger partial charge in [0.1, 0.15) is 0 Å². The Morgan fingerprint density at radius 1 is 0.727 bits per heavy atom. The van der Waals surface area contributed by atoms with Crippen molar-refractivity contribution >= 4 is 19.6 Å². The first-order valence-electron chi connectivity index (χ1n) is 11.0. The predicted molar refractivity (Wildman–Crippen MR) is 132 cm³/mol. The molecule has 0 aliphatic rings. The van der Waals surface area contributed by atoms with Gasteiger partial charge in [0.25, 0.3) is 0 Å². The standard InChI is InChI=1S/C23H35N2O6PS/c1-32(26,29-15-13-25-24-12-14-27-20-22-8-4-2-5-9-22)30-18-19-33-31-17-16-28-21-23-10-6-3-7-11-23/h2-11,24-25H,12-21H2,1H3. The van der Waals surface area contributed by atoms with Crippen LogP contribution >= 0.6 is 19.6 Å². The Kier molecular flexibility index (Phi) is 15.4. The van der Waals surface area contributed by atoms with Crippen molar-refractivity contribution in [3.05, 3.63) is 71.8 Å². The van der Waals surface area contributed by atoms with E-state index >= 15 is 0 Å². The molecular formula is C23H35N2O6PS. The molecule has 2 rings (SSSR count). The molecule has 33 heavy (non-hydrogen) atoms. The monoisotopic (exact) mass is 498 g/mol. The van der Waals surface area contributed by atoms with Gasteiger partial charge < -0.3 is 22.7 Å². The number of ether oxygens (including phenoxy) is 2. The van der Waals surface area contributed by atoms with E-state index in [0.717, 1.165) is 11.1 Å². The number of hydrazine groups is 1. The topological polar surface area (TPSA) is 87.3 Å². The highest BCUT2D eigenvalue weighted by Gasteiger charge is 2.16. The minimum atomic E-state index is -3.08. The summed E-state index contributed by atoms with van der Waals surface area (Å²) in [6, 6.07) is 20.0. The van der Waals surface area contributed by atoms with Crippen LogP contribution in [0.4, 0.5) is 0 Å². The number of nitrogens with one attached hydrogen (secondary N) is 2. The molecule has 0 spiro atoms. The van der Waals surface area contributed by atoms with Gasteiger partial charge in [-0.2, -0.15) is 0 Å². The molecule has 0 heterocycles. The highest BCUT2D eigenvalue weighted by Crippen LogP contribution is 2.43. The fraction of sp³-hybridized carbons (Fsp3) is 0.478. The second kappa shape index (κ2) is 18.1. The summed E-state index contributed by atoms with van der Waals surface area (Å²) in [4.78, 5) is 0. The second-order valence-electron chi connectivity index (χ2n) is 7.01. The SMILES string of the molecule is CP(=O)(OCCNNCCOCc1ccccc1)OCCSOCCOCc1ccccc1. The molecular weight excluding hydrogens is 463 g/mol. The fourth-order valence-corrected chi connectivity index (χ4v) is 4.08. The van der Waals surface area contributed by atoms with Crippen LogP contribution in [0.15, 0.2) is 60.7 Å². The molecule has 0 aromatic heterocycles. The number of hydrogen-bond acceptors (Lipinski definition) is 9. The van der Waals surface area contributed by atoms with Crippen molar-refractivity contribution in [2.24, 2.45) is 0 Å². The maximum Gasteiger partial charge on any atom is 0.327 e. The molecule has 184 valence electrons. The normalized spacial score (nSPS) is 13.1. The van der Waals surface area contributed by atoms with Gasteiger partial charge in [-0.3, -0.25) is 15.4 Å². The molecule has 1 unspecified atom stereocenters. The van der Waals surface area contributed by atoms with E-state index in [-0.39, 0.29) is 13.2 Å². The Labute approximate surface area is 201 Å². The molecule has 2 N–H and O–H groups in total. The molecule has 8 nitrogen and oxygen atoms in total. The van der Waals surface area contributed by atoms with Crippen LogP contribution in [0.3, 0.4) is 0 Å². The van der Waals surface area contributed by atoms with Gasteiger partial charge in [-0.1, -0.05) is 60.7 Å². The predicted octanol–water partition coefficient (Wildman–Crippen LogP) is 4.04. The van der Waals surface area contributed by atoms with Gasteiger partial charge >= 0.3 is 7.60 Å². The van der Waals surface area contributed by atoms with Crippen molar-refractivity contribution in [2.75, 3.05) is 58.5 Å². The lowest BCUT2D eigenvalue weighted by Crippen LogP contribution is -2.36. The third kappa shape index (κ3) is 15.3. The van der Waals surface area contributed by atoms with Gasteiger partial charge in [0.2, 0.25) is 0 Å². The van der Waals surface area contributed by atoms with Gasteiger partial charge in [0, 0.05) is 25.5 Å². The lowest BCUT2D eigenvalue weighted by molar-refractivity contribution is 0.0950. The minimum absolute atomic E-state index is 0.272. The molecule has 0 aliphatic carbocycles. The average Bonchev–Trinajstić information content (AvgIpc) is 2.83. The number of hydrogen-bond donors (Lipinski definition) is 2. The molecule has 1 atom stereocenters. The van der Waals surface area contributed by atoms with E-state index in [1.54, 1.807) is 0 Å². The zero-order valence-corrected chi connectivity index (χ0v) is 20.9. The van der Waals surface area contributed by atoms with Gasteiger partial charge in [-0.25, -0.2) is 0 Å². The second-order valence-corrected chi connectivity index (χ2v) is 9.95. The molecule has 0 radical (unpaired) electrons. The van der Waals surface area contributed by atoms with Gasteiger partial charge in [0.15, 0.2) is 0 Å². The molecule has 2 aromatic rings. The van der Waals surface area contributed by atoms with Crippen molar-refractivity contribution in [3.63, 3.8) is 0 Å². The Bertz CT molecular complexity index is 711. The zero-order chi connectivity index (χ0) is 23.5. The van der Waals surface area contributed by atoms with Gasteiger partial charge in [-0.05, 0) is 23.2 Å². The highest BCUT2D eigenvalue weighted by molar-refractivity contribution is 7.94. The summed E-state index contributed by atoms with van der Waals surface area (Å²) in [5, 5.41) is 0. The molecule has 0 bridgehead atoms. The van der Waals surface area contributed by atoms with Gasteiger partial charge in [-0.15, -0.1) is 0 Å². The Hall–Kier alpha value is -1.26. The summed E-state index contributed by atoms with van der Waals surface area (Å²) >= 11 is 1.26. The first-order valence-corrected chi connectivity index (χ1v) is 13.9. The minimum Gasteiger partial charge on any atom is -0.375 e. The van der Waals surface area contributed by atoms with Crippen LogP contribution in [-0.2, 0) is 40.5 Å². The molecule has 0 aliphatic heterocycles. The van der Waals surface area contributed by atoms with E-state index in [1.807, 2.05) is 60.7 Å². The van der Waals surface area contributed by atoms with Crippen LogP contribution in [0.1, 0.15) is 11.1 Å². The zero-order valence-electron chi connectivity index (χ0n) is 19.1. The van der Waals surface area contributed by atoms with E-state index in [0.29, 0.717) is 51.9 Å². The van der Waals surface area contributed by atoms with Crippen LogP contribution in [0, 0.1) is 0 Å². The summed E-state index contributed by atoms with van der Waals surface area (Å²) < 4.78 is 39.5. The Morgan fingerprint density at radius 3 is 1.91 bits per heavy atom. The third-order valence-electron chi connectivity index (χ3n) is 4.16. The van der Waals surface area contributed by atoms with Gasteiger partial charge in [0.05, 0.1) is 46.2 Å². The smallest absolute Gasteiger partial charge is 0.327 e. The molecule has 2 aromatic carbocycles. The van der Waals surface area contributed by atoms with Crippen LogP contribution in [0.25, 0.3) is 0 Å². The first-order chi connectivity index (χ1) is 16.2. The Balaban J connectivity index is 1.33. The highest BCUT2D eigenvalue weighted by atomic mass is 32.2. The van der Waals surface area contributed by atoms with Crippen LogP contribution in [0.5, 0.6) is 0 Å². The molecule has 0 fully saturated rings. The molecule has 10 heteroatoms. The van der Waals surface area contributed by atoms with E-state index in [2.05, 4.69) is 10.9 Å². The van der Waals surface area contributed by atoms with Crippen LogP contribution in [-0.4, -0.2) is 58.5 Å². The summed E-state index contributed by atoms with van der Waals surface area (Å²) in [5.74, 6) is 0.558. The number of benzene rings is 2. The Morgan fingerprint density at radius 2 is 1.27 bits per heavy atom. The first kappa shape index (κ1) is 28.0. The molecule has 0 saturated carbocycles. The van der Waals surface area contributed by atoms with Crippen molar-refractivity contribution in [2.45, 2.75) is 13.2 Å². The third-order valence-corrected chi connectivity index (χ3v) is 6.13. The van der Waals surface area contributed by atoms with Crippen LogP contribution < -0.4 is 10.9 Å². The number of rotatable bonds is 20. The fourth-order valence-electron chi connectivity index (χ4n) is 2.58. The summed E-state index contributed by atoms with van der Waals surface area (Å²) in [5.41, 5.74) is 8.32. The van der Waals surface area contributed by atoms with Crippen molar-refractivity contribution in [1.29, 1.82) is 0 Å². The van der Waals surface area contributed by atoms with Crippen molar-refractivity contribution in [3.8, 4) is 0 Å².